The molecule has 1 aromatic rings. The summed E-state index contributed by atoms with van der Waals surface area (Å²) >= 11 is 0. The van der Waals surface area contributed by atoms with E-state index in [0.717, 1.165) is 44.0 Å². The van der Waals surface area contributed by atoms with Gasteiger partial charge < -0.3 is 10.5 Å². The van der Waals surface area contributed by atoms with E-state index in [4.69, 9.17) is 10.5 Å². The second-order valence-electron chi connectivity index (χ2n) is 6.78. The van der Waals surface area contributed by atoms with E-state index in [2.05, 4.69) is 48.8 Å². The van der Waals surface area contributed by atoms with Gasteiger partial charge in [-0.1, -0.05) is 12.1 Å². The van der Waals surface area contributed by atoms with Gasteiger partial charge in [0.05, 0.1) is 7.11 Å². The second-order valence-corrected chi connectivity index (χ2v) is 6.78. The summed E-state index contributed by atoms with van der Waals surface area (Å²) in [6.07, 6.45) is 0. The summed E-state index contributed by atoms with van der Waals surface area (Å²) in [7, 11) is 1.71. The minimum absolute atomic E-state index is 0.276. The van der Waals surface area contributed by atoms with Crippen LogP contribution in [0.25, 0.3) is 0 Å². The predicted octanol–water partition coefficient (Wildman–Crippen LogP) is 2.07. The van der Waals surface area contributed by atoms with Crippen molar-refractivity contribution >= 4 is 0 Å². The van der Waals surface area contributed by atoms with Crippen LogP contribution in [0, 0.1) is 0 Å². The molecule has 0 atom stereocenters. The smallest absolute Gasteiger partial charge is 0.123 e. The van der Waals surface area contributed by atoms with Crippen LogP contribution in [0.15, 0.2) is 18.2 Å². The molecule has 4 nitrogen and oxygen atoms in total. The van der Waals surface area contributed by atoms with Crippen molar-refractivity contribution in [2.75, 3.05) is 33.3 Å². The first-order valence-corrected chi connectivity index (χ1v) is 7.77. The van der Waals surface area contributed by atoms with Crippen molar-refractivity contribution in [3.8, 4) is 5.75 Å². The van der Waals surface area contributed by atoms with Crippen LogP contribution in [-0.2, 0) is 13.1 Å². The van der Waals surface area contributed by atoms with Crippen LogP contribution in [0.1, 0.15) is 31.9 Å². The van der Waals surface area contributed by atoms with E-state index >= 15 is 0 Å². The van der Waals surface area contributed by atoms with E-state index in [9.17, 15) is 0 Å². The SMILES string of the molecule is COc1cc(CN2CCN(C(C)(C)C)CC2)ccc1CN. The fourth-order valence-electron chi connectivity index (χ4n) is 2.89. The predicted molar refractivity (Wildman–Crippen MR) is 87.5 cm³/mol. The van der Waals surface area contributed by atoms with Crippen molar-refractivity contribution < 1.29 is 4.74 Å². The number of benzene rings is 1. The molecule has 1 aliphatic heterocycles. The zero-order chi connectivity index (χ0) is 15.5. The first kappa shape index (κ1) is 16.3. The van der Waals surface area contributed by atoms with Crippen molar-refractivity contribution in [1.29, 1.82) is 0 Å². The molecule has 0 bridgehead atoms. The monoisotopic (exact) mass is 291 g/mol. The first-order valence-electron chi connectivity index (χ1n) is 7.77. The van der Waals surface area contributed by atoms with Gasteiger partial charge in [-0.15, -0.1) is 0 Å². The van der Waals surface area contributed by atoms with Crippen LogP contribution in [0.3, 0.4) is 0 Å². The van der Waals surface area contributed by atoms with Crippen molar-refractivity contribution in [3.05, 3.63) is 29.3 Å². The van der Waals surface area contributed by atoms with Crippen LogP contribution in [0.4, 0.5) is 0 Å². The average molecular weight is 291 g/mol. The lowest BCUT2D eigenvalue weighted by Crippen LogP contribution is -2.53. The van der Waals surface area contributed by atoms with E-state index in [1.165, 1.54) is 5.56 Å². The van der Waals surface area contributed by atoms with Gasteiger partial charge in [-0.2, -0.15) is 0 Å². The summed E-state index contributed by atoms with van der Waals surface area (Å²) in [5, 5.41) is 0. The average Bonchev–Trinajstić information content (AvgIpc) is 2.46. The maximum absolute atomic E-state index is 5.72. The Kier molecular flexibility index (Phi) is 5.25. The summed E-state index contributed by atoms with van der Waals surface area (Å²) in [6.45, 7) is 12.9. The lowest BCUT2D eigenvalue weighted by Gasteiger charge is -2.42. The summed E-state index contributed by atoms with van der Waals surface area (Å²) in [5.74, 6) is 0.906. The van der Waals surface area contributed by atoms with Gasteiger partial charge >= 0.3 is 0 Å². The molecule has 0 radical (unpaired) electrons. The summed E-state index contributed by atoms with van der Waals surface area (Å²) in [5.41, 5.74) is 8.36. The molecule has 0 aliphatic carbocycles. The van der Waals surface area contributed by atoms with E-state index in [1.54, 1.807) is 7.11 Å². The minimum Gasteiger partial charge on any atom is -0.496 e. The second kappa shape index (κ2) is 6.77. The Morgan fingerprint density at radius 2 is 1.81 bits per heavy atom. The molecule has 2 rings (SSSR count). The fourth-order valence-corrected chi connectivity index (χ4v) is 2.89. The van der Waals surface area contributed by atoms with Crippen molar-refractivity contribution in [1.82, 2.24) is 9.80 Å². The molecule has 4 heteroatoms. The summed E-state index contributed by atoms with van der Waals surface area (Å²) < 4.78 is 5.42. The third kappa shape index (κ3) is 4.19. The van der Waals surface area contributed by atoms with Crippen molar-refractivity contribution in [3.63, 3.8) is 0 Å². The Morgan fingerprint density at radius 3 is 2.33 bits per heavy atom. The van der Waals surface area contributed by atoms with E-state index in [-0.39, 0.29) is 5.54 Å². The van der Waals surface area contributed by atoms with Gasteiger partial charge in [0.15, 0.2) is 0 Å². The van der Waals surface area contributed by atoms with Gasteiger partial charge in [-0.25, -0.2) is 0 Å². The number of ether oxygens (including phenoxy) is 1. The Hall–Kier alpha value is -1.10. The van der Waals surface area contributed by atoms with Gasteiger partial charge in [0, 0.05) is 50.4 Å². The summed E-state index contributed by atoms with van der Waals surface area (Å²) in [6, 6.07) is 6.37. The largest absolute Gasteiger partial charge is 0.496 e. The first-order chi connectivity index (χ1) is 9.94. The highest BCUT2D eigenvalue weighted by atomic mass is 16.5. The lowest BCUT2D eigenvalue weighted by molar-refractivity contribution is 0.0591. The van der Waals surface area contributed by atoms with Crippen LogP contribution >= 0.6 is 0 Å². The number of rotatable bonds is 4. The van der Waals surface area contributed by atoms with Crippen molar-refractivity contribution in [2.24, 2.45) is 5.73 Å². The molecular formula is C17H29N3O. The minimum atomic E-state index is 0.276. The topological polar surface area (TPSA) is 41.7 Å². The number of piperazine rings is 1. The number of methoxy groups -OCH3 is 1. The standard InChI is InChI=1S/C17H29N3O/c1-17(2,3)20-9-7-19(8-10-20)13-14-5-6-15(12-18)16(11-14)21-4/h5-6,11H,7-10,12-13,18H2,1-4H3. The third-order valence-corrected chi connectivity index (χ3v) is 4.30. The highest BCUT2D eigenvalue weighted by Gasteiger charge is 2.25. The zero-order valence-corrected chi connectivity index (χ0v) is 13.9. The van der Waals surface area contributed by atoms with Crippen LogP contribution in [0.2, 0.25) is 0 Å². The molecule has 0 amide bonds. The van der Waals surface area contributed by atoms with Gasteiger partial charge in [-0.05, 0) is 32.4 Å². The lowest BCUT2D eigenvalue weighted by atomic mass is 10.0. The number of hydrogen-bond acceptors (Lipinski definition) is 4. The molecule has 0 aromatic heterocycles. The number of nitrogens with two attached hydrogens (primary N) is 1. The molecule has 21 heavy (non-hydrogen) atoms. The molecule has 0 unspecified atom stereocenters. The molecule has 1 fully saturated rings. The molecule has 0 saturated carbocycles. The van der Waals surface area contributed by atoms with Crippen LogP contribution in [0.5, 0.6) is 5.75 Å². The number of hydrogen-bond donors (Lipinski definition) is 1. The van der Waals surface area contributed by atoms with Gasteiger partial charge in [-0.3, -0.25) is 9.80 Å². The molecular weight excluding hydrogens is 262 g/mol. The van der Waals surface area contributed by atoms with Crippen molar-refractivity contribution in [2.45, 2.75) is 39.4 Å². The highest BCUT2D eigenvalue weighted by Crippen LogP contribution is 2.22. The summed E-state index contributed by atoms with van der Waals surface area (Å²) in [4.78, 5) is 5.07. The van der Waals surface area contributed by atoms with E-state index < -0.39 is 0 Å². The molecule has 0 spiro atoms. The fraction of sp³-hybridized carbons (Fsp3) is 0.647. The van der Waals surface area contributed by atoms with Gasteiger partial charge in [0.25, 0.3) is 0 Å². The normalized spacial score (nSPS) is 18.0. The molecule has 2 N–H and O–H groups in total. The van der Waals surface area contributed by atoms with E-state index in [0.29, 0.717) is 6.54 Å². The maximum Gasteiger partial charge on any atom is 0.123 e. The Bertz CT molecular complexity index is 460. The highest BCUT2D eigenvalue weighted by molar-refractivity contribution is 5.37. The van der Waals surface area contributed by atoms with Gasteiger partial charge in [0.1, 0.15) is 5.75 Å². The third-order valence-electron chi connectivity index (χ3n) is 4.30. The maximum atomic E-state index is 5.72. The Morgan fingerprint density at radius 1 is 1.14 bits per heavy atom. The molecule has 1 aliphatic rings. The number of nitrogens with zero attached hydrogens (tertiary/aromatic N) is 2. The zero-order valence-electron chi connectivity index (χ0n) is 13.9. The molecule has 1 aromatic carbocycles. The van der Waals surface area contributed by atoms with E-state index in [1.807, 2.05) is 0 Å². The molecule has 118 valence electrons. The molecule has 1 saturated heterocycles. The van der Waals surface area contributed by atoms with Crippen LogP contribution in [-0.4, -0.2) is 48.6 Å². The Balaban J connectivity index is 1.95. The molecule has 1 heterocycles. The van der Waals surface area contributed by atoms with Crippen LogP contribution < -0.4 is 10.5 Å². The quantitative estimate of drug-likeness (QED) is 0.922. The van der Waals surface area contributed by atoms with Gasteiger partial charge in [0.2, 0.25) is 0 Å². The Labute approximate surface area is 128 Å².